The Kier molecular flexibility index (Phi) is 5.39. The summed E-state index contributed by atoms with van der Waals surface area (Å²) in [6, 6.07) is 4.80. The Morgan fingerprint density at radius 1 is 1.17 bits per heavy atom. The predicted molar refractivity (Wildman–Crippen MR) is 109 cm³/mol. The van der Waals surface area contributed by atoms with Crippen LogP contribution >= 0.6 is 0 Å². The van der Waals surface area contributed by atoms with Gasteiger partial charge < -0.3 is 14.8 Å². The molecule has 1 aromatic carbocycles. The van der Waals surface area contributed by atoms with Crippen LogP contribution in [0.3, 0.4) is 0 Å². The van der Waals surface area contributed by atoms with E-state index in [1.807, 2.05) is 0 Å². The quantitative estimate of drug-likeness (QED) is 0.712. The Hall–Kier alpha value is -2.33. The van der Waals surface area contributed by atoms with Crippen molar-refractivity contribution < 1.29 is 27.5 Å². The highest BCUT2D eigenvalue weighted by molar-refractivity contribution is 7.88. The first-order valence-electron chi connectivity index (χ1n) is 10.2. The van der Waals surface area contributed by atoms with Crippen LogP contribution in [0.5, 0.6) is 11.5 Å². The van der Waals surface area contributed by atoms with Gasteiger partial charge in [0, 0.05) is 26.1 Å². The summed E-state index contributed by atoms with van der Waals surface area (Å²) in [6.45, 7) is 3.76. The van der Waals surface area contributed by atoms with Crippen molar-refractivity contribution in [1.82, 2.24) is 14.5 Å². The van der Waals surface area contributed by atoms with Crippen molar-refractivity contribution in [1.29, 1.82) is 0 Å². The topological polar surface area (TPSA) is 105 Å². The molecule has 9 nitrogen and oxygen atoms in total. The van der Waals surface area contributed by atoms with Gasteiger partial charge in [-0.1, -0.05) is 6.07 Å². The Morgan fingerprint density at radius 2 is 1.90 bits per heavy atom. The lowest BCUT2D eigenvalue weighted by Gasteiger charge is -2.32. The van der Waals surface area contributed by atoms with Crippen LogP contribution < -0.4 is 14.8 Å². The number of piperidine rings is 1. The van der Waals surface area contributed by atoms with Crippen LogP contribution in [0, 0.1) is 5.92 Å². The van der Waals surface area contributed by atoms with Gasteiger partial charge >= 0.3 is 6.03 Å². The van der Waals surface area contributed by atoms with Crippen molar-refractivity contribution in [3.05, 3.63) is 23.8 Å². The van der Waals surface area contributed by atoms with Crippen LogP contribution in [0.4, 0.5) is 4.79 Å². The number of hydrogen-bond donors (Lipinski definition) is 1. The largest absolute Gasteiger partial charge is 0.490 e. The zero-order valence-corrected chi connectivity index (χ0v) is 18.0. The molecule has 2 fully saturated rings. The Balaban J connectivity index is 1.53. The number of sulfonamides is 1. The summed E-state index contributed by atoms with van der Waals surface area (Å²) in [7, 11) is -3.29. The van der Waals surface area contributed by atoms with Crippen LogP contribution in [-0.2, 0) is 20.4 Å². The minimum absolute atomic E-state index is 0.0886. The second-order valence-corrected chi connectivity index (χ2v) is 10.3. The summed E-state index contributed by atoms with van der Waals surface area (Å²) in [5.74, 6) is 0.743. The van der Waals surface area contributed by atoms with Crippen LogP contribution in [0.15, 0.2) is 18.2 Å². The van der Waals surface area contributed by atoms with E-state index in [0.29, 0.717) is 49.8 Å². The van der Waals surface area contributed by atoms with Crippen molar-refractivity contribution in [3.8, 4) is 11.5 Å². The van der Waals surface area contributed by atoms with Crippen LogP contribution in [-0.4, -0.2) is 68.7 Å². The third-order valence-electron chi connectivity index (χ3n) is 5.99. The van der Waals surface area contributed by atoms with E-state index < -0.39 is 21.6 Å². The van der Waals surface area contributed by atoms with Gasteiger partial charge in [-0.3, -0.25) is 9.69 Å². The molecule has 0 aromatic heterocycles. The van der Waals surface area contributed by atoms with Crippen molar-refractivity contribution in [3.63, 3.8) is 0 Å². The maximum atomic E-state index is 13.3. The molecule has 0 bridgehead atoms. The first-order valence-corrected chi connectivity index (χ1v) is 12.0. The maximum Gasteiger partial charge on any atom is 0.325 e. The molecular formula is C20H27N3O6S. The normalized spacial score (nSPS) is 27.7. The number of carbonyl (C=O) groups excluding carboxylic acids is 2. The Bertz CT molecular complexity index is 965. The molecule has 3 amide bonds. The number of ether oxygens (including phenoxy) is 2. The van der Waals surface area contributed by atoms with Crippen molar-refractivity contribution in [2.45, 2.75) is 31.7 Å². The smallest absolute Gasteiger partial charge is 0.325 e. The van der Waals surface area contributed by atoms with E-state index in [1.54, 1.807) is 25.1 Å². The molecule has 2 saturated heterocycles. The standard InChI is InChI=1S/C20H27N3O6S/c1-20(15-6-7-16-17(11-15)29-10-4-9-28-16)18(24)23(19(25)21-20)13-14-5-3-8-22(12-14)30(2,26)27/h6-7,11,14H,3-5,8-10,12-13H2,1-2H3,(H,21,25)/t14-,20+/m0/s1. The average Bonchev–Trinajstić information content (AvgIpc) is 2.87. The van der Waals surface area contributed by atoms with E-state index in [-0.39, 0.29) is 18.4 Å². The second-order valence-electron chi connectivity index (χ2n) is 8.31. The van der Waals surface area contributed by atoms with Crippen molar-refractivity contribution in [2.75, 3.05) is 39.1 Å². The minimum atomic E-state index is -3.29. The van der Waals surface area contributed by atoms with Gasteiger partial charge in [-0.2, -0.15) is 0 Å². The lowest BCUT2D eigenvalue weighted by Crippen LogP contribution is -2.45. The van der Waals surface area contributed by atoms with Gasteiger partial charge in [0.25, 0.3) is 5.91 Å². The first-order chi connectivity index (χ1) is 14.2. The molecule has 3 heterocycles. The molecular weight excluding hydrogens is 410 g/mol. The molecule has 3 aliphatic rings. The molecule has 164 valence electrons. The van der Waals surface area contributed by atoms with E-state index in [0.717, 1.165) is 12.8 Å². The second kappa shape index (κ2) is 7.73. The predicted octanol–water partition coefficient (Wildman–Crippen LogP) is 1.29. The lowest BCUT2D eigenvalue weighted by atomic mass is 9.91. The van der Waals surface area contributed by atoms with Crippen LogP contribution in [0.1, 0.15) is 31.7 Å². The number of amides is 3. The molecule has 0 unspecified atom stereocenters. The highest BCUT2D eigenvalue weighted by atomic mass is 32.2. The fraction of sp³-hybridized carbons (Fsp3) is 0.600. The first kappa shape index (κ1) is 20.9. The summed E-state index contributed by atoms with van der Waals surface area (Å²) in [4.78, 5) is 27.1. The number of carbonyl (C=O) groups is 2. The summed E-state index contributed by atoms with van der Waals surface area (Å²) in [6.07, 6.45) is 3.44. The molecule has 2 atom stereocenters. The molecule has 4 rings (SSSR count). The third kappa shape index (κ3) is 3.85. The van der Waals surface area contributed by atoms with Gasteiger partial charge in [0.05, 0.1) is 19.5 Å². The molecule has 30 heavy (non-hydrogen) atoms. The number of nitrogens with zero attached hydrogens (tertiary/aromatic N) is 2. The minimum Gasteiger partial charge on any atom is -0.490 e. The zero-order valence-electron chi connectivity index (χ0n) is 17.2. The van der Waals surface area contributed by atoms with Gasteiger partial charge in [0.15, 0.2) is 11.5 Å². The van der Waals surface area contributed by atoms with E-state index >= 15 is 0 Å². The fourth-order valence-corrected chi connectivity index (χ4v) is 5.21. The maximum absolute atomic E-state index is 13.3. The molecule has 10 heteroatoms. The molecule has 0 spiro atoms. The van der Waals surface area contributed by atoms with E-state index in [1.165, 1.54) is 15.5 Å². The summed E-state index contributed by atoms with van der Waals surface area (Å²) in [5.41, 5.74) is -0.596. The number of urea groups is 1. The Morgan fingerprint density at radius 3 is 2.63 bits per heavy atom. The van der Waals surface area contributed by atoms with Gasteiger partial charge in [-0.25, -0.2) is 17.5 Å². The van der Waals surface area contributed by atoms with Crippen molar-refractivity contribution >= 4 is 22.0 Å². The van der Waals surface area contributed by atoms with Gasteiger partial charge in [0.2, 0.25) is 10.0 Å². The zero-order chi connectivity index (χ0) is 21.5. The van der Waals surface area contributed by atoms with Crippen LogP contribution in [0.25, 0.3) is 0 Å². The van der Waals surface area contributed by atoms with Crippen molar-refractivity contribution in [2.24, 2.45) is 5.92 Å². The van der Waals surface area contributed by atoms with Gasteiger partial charge in [-0.05, 0) is 43.4 Å². The Labute approximate surface area is 176 Å². The molecule has 3 aliphatic heterocycles. The third-order valence-corrected chi connectivity index (χ3v) is 7.26. The summed E-state index contributed by atoms with van der Waals surface area (Å²) in [5, 5.41) is 2.81. The molecule has 1 aromatic rings. The van der Waals surface area contributed by atoms with Gasteiger partial charge in [0.1, 0.15) is 5.54 Å². The van der Waals surface area contributed by atoms with E-state index in [2.05, 4.69) is 5.32 Å². The lowest BCUT2D eigenvalue weighted by molar-refractivity contribution is -0.131. The highest BCUT2D eigenvalue weighted by Gasteiger charge is 2.50. The average molecular weight is 438 g/mol. The molecule has 0 radical (unpaired) electrons. The summed E-state index contributed by atoms with van der Waals surface area (Å²) < 4.78 is 36.5. The number of benzene rings is 1. The molecule has 1 N–H and O–H groups in total. The number of hydrogen-bond acceptors (Lipinski definition) is 6. The van der Waals surface area contributed by atoms with E-state index in [4.69, 9.17) is 9.47 Å². The van der Waals surface area contributed by atoms with Gasteiger partial charge in [-0.15, -0.1) is 0 Å². The van der Waals surface area contributed by atoms with Crippen LogP contribution in [0.2, 0.25) is 0 Å². The number of rotatable bonds is 4. The number of imide groups is 1. The monoisotopic (exact) mass is 437 g/mol. The number of nitrogens with one attached hydrogen (secondary N) is 1. The summed E-state index contributed by atoms with van der Waals surface area (Å²) >= 11 is 0. The molecule has 0 saturated carbocycles. The molecule has 0 aliphatic carbocycles. The highest BCUT2D eigenvalue weighted by Crippen LogP contribution is 2.37. The fourth-order valence-electron chi connectivity index (χ4n) is 4.27. The SMILES string of the molecule is C[C@]1(c2ccc3c(c2)OCCCO3)NC(=O)N(C[C@H]2CCCN(S(C)(=O)=O)C2)C1=O. The van der Waals surface area contributed by atoms with E-state index in [9.17, 15) is 18.0 Å². The number of fused-ring (bicyclic) bond motifs is 1.